The summed E-state index contributed by atoms with van der Waals surface area (Å²) in [5, 5.41) is 6.17. The Morgan fingerprint density at radius 1 is 1.42 bits per heavy atom. The number of hydrogen-bond acceptors (Lipinski definition) is 2. The molecule has 1 amide bonds. The van der Waals surface area contributed by atoms with Crippen molar-refractivity contribution in [1.82, 2.24) is 10.6 Å². The van der Waals surface area contributed by atoms with Crippen molar-refractivity contribution in [3.05, 3.63) is 0 Å². The molecule has 3 heteroatoms. The van der Waals surface area contributed by atoms with E-state index in [4.69, 9.17) is 0 Å². The van der Waals surface area contributed by atoms with Crippen LogP contribution in [0, 0.1) is 5.92 Å². The van der Waals surface area contributed by atoms with E-state index < -0.39 is 0 Å². The van der Waals surface area contributed by atoms with Crippen molar-refractivity contribution >= 4 is 5.91 Å². The molecule has 1 aliphatic heterocycles. The normalized spacial score (nSPS) is 27.8. The first-order chi connectivity index (χ1) is 5.79. The maximum atomic E-state index is 11.1. The Morgan fingerprint density at radius 2 is 2.25 bits per heavy atom. The van der Waals surface area contributed by atoms with Crippen molar-refractivity contribution in [3.8, 4) is 0 Å². The van der Waals surface area contributed by atoms with Gasteiger partial charge in [0.2, 0.25) is 5.91 Å². The van der Waals surface area contributed by atoms with Crippen LogP contribution in [0.15, 0.2) is 0 Å². The molecule has 3 nitrogen and oxygen atoms in total. The molecular weight excluding hydrogens is 152 g/mol. The van der Waals surface area contributed by atoms with Crippen LogP contribution in [0.25, 0.3) is 0 Å². The van der Waals surface area contributed by atoms with E-state index >= 15 is 0 Å². The van der Waals surface area contributed by atoms with Gasteiger partial charge in [-0.3, -0.25) is 4.79 Å². The van der Waals surface area contributed by atoms with Gasteiger partial charge in [-0.2, -0.15) is 0 Å². The van der Waals surface area contributed by atoms with Gasteiger partial charge in [0.05, 0.1) is 0 Å². The lowest BCUT2D eigenvalue weighted by Crippen LogP contribution is -2.33. The van der Waals surface area contributed by atoms with Gasteiger partial charge >= 0.3 is 0 Å². The Labute approximate surface area is 73.9 Å². The lowest BCUT2D eigenvalue weighted by Gasteiger charge is -2.15. The van der Waals surface area contributed by atoms with Crippen LogP contribution in [0.1, 0.15) is 26.2 Å². The number of hydrogen-bond donors (Lipinski definition) is 2. The van der Waals surface area contributed by atoms with Crippen molar-refractivity contribution in [3.63, 3.8) is 0 Å². The third-order valence-electron chi connectivity index (χ3n) is 2.23. The second-order valence-electron chi connectivity index (χ2n) is 3.55. The van der Waals surface area contributed by atoms with Crippen molar-refractivity contribution in [2.75, 3.05) is 19.6 Å². The van der Waals surface area contributed by atoms with Crippen LogP contribution in [0.3, 0.4) is 0 Å². The first-order valence-electron chi connectivity index (χ1n) is 4.76. The second kappa shape index (κ2) is 5.14. The molecule has 1 aliphatic rings. The van der Waals surface area contributed by atoms with Gasteiger partial charge in [-0.1, -0.05) is 6.92 Å². The van der Waals surface area contributed by atoms with Crippen LogP contribution in [-0.4, -0.2) is 25.5 Å². The van der Waals surface area contributed by atoms with Crippen LogP contribution < -0.4 is 10.6 Å². The summed E-state index contributed by atoms with van der Waals surface area (Å²) in [6.45, 7) is 4.90. The van der Waals surface area contributed by atoms with Gasteiger partial charge in [-0.15, -0.1) is 0 Å². The van der Waals surface area contributed by atoms with Gasteiger partial charge in [-0.05, 0) is 25.3 Å². The van der Waals surface area contributed by atoms with E-state index in [-0.39, 0.29) is 5.91 Å². The van der Waals surface area contributed by atoms with Gasteiger partial charge in [0.25, 0.3) is 0 Å². The monoisotopic (exact) mass is 170 g/mol. The number of nitrogens with one attached hydrogen (secondary N) is 2. The lowest BCUT2D eigenvalue weighted by atomic mass is 10.1. The van der Waals surface area contributed by atoms with Crippen molar-refractivity contribution in [2.24, 2.45) is 5.92 Å². The summed E-state index contributed by atoms with van der Waals surface area (Å²) >= 11 is 0. The van der Waals surface area contributed by atoms with Crippen LogP contribution in [0.2, 0.25) is 0 Å². The smallest absolute Gasteiger partial charge is 0.221 e. The molecule has 0 aromatic carbocycles. The Kier molecular flexibility index (Phi) is 4.08. The summed E-state index contributed by atoms with van der Waals surface area (Å²) in [6.07, 6.45) is 3.04. The average Bonchev–Trinajstić information content (AvgIpc) is 2.07. The van der Waals surface area contributed by atoms with E-state index in [0.29, 0.717) is 12.3 Å². The highest BCUT2D eigenvalue weighted by Crippen LogP contribution is 2.03. The molecule has 0 spiro atoms. The van der Waals surface area contributed by atoms with Gasteiger partial charge in [0.15, 0.2) is 0 Å². The largest absolute Gasteiger partial charge is 0.356 e. The first kappa shape index (κ1) is 9.52. The van der Waals surface area contributed by atoms with Gasteiger partial charge in [-0.25, -0.2) is 0 Å². The number of rotatable bonds is 0. The molecule has 0 aliphatic carbocycles. The Balaban J connectivity index is 2.27. The third kappa shape index (κ3) is 3.72. The topological polar surface area (TPSA) is 41.1 Å². The molecule has 1 fully saturated rings. The third-order valence-corrected chi connectivity index (χ3v) is 2.23. The molecule has 0 radical (unpaired) electrons. The SMILES string of the molecule is C[C@H]1CCCNCCC(=O)NC1. The lowest BCUT2D eigenvalue weighted by molar-refractivity contribution is -0.121. The molecule has 0 bridgehead atoms. The first-order valence-corrected chi connectivity index (χ1v) is 4.76. The predicted molar refractivity (Wildman–Crippen MR) is 48.9 cm³/mol. The van der Waals surface area contributed by atoms with Crippen molar-refractivity contribution in [1.29, 1.82) is 0 Å². The predicted octanol–water partition coefficient (Wildman–Crippen LogP) is 0.512. The van der Waals surface area contributed by atoms with Crippen LogP contribution >= 0.6 is 0 Å². The van der Waals surface area contributed by atoms with Crippen LogP contribution in [0.4, 0.5) is 0 Å². The summed E-state index contributed by atoms with van der Waals surface area (Å²) in [7, 11) is 0. The van der Waals surface area contributed by atoms with Crippen molar-refractivity contribution in [2.45, 2.75) is 26.2 Å². The van der Waals surface area contributed by atoms with Gasteiger partial charge in [0.1, 0.15) is 0 Å². The van der Waals surface area contributed by atoms with E-state index in [1.165, 1.54) is 12.8 Å². The molecule has 1 rings (SSSR count). The zero-order valence-electron chi connectivity index (χ0n) is 7.73. The maximum absolute atomic E-state index is 11.1. The second-order valence-corrected chi connectivity index (χ2v) is 3.55. The minimum Gasteiger partial charge on any atom is -0.356 e. The van der Waals surface area contributed by atoms with Gasteiger partial charge in [0, 0.05) is 19.5 Å². The van der Waals surface area contributed by atoms with E-state index in [1.807, 2.05) is 0 Å². The van der Waals surface area contributed by atoms with Crippen LogP contribution in [-0.2, 0) is 4.79 Å². The molecule has 1 heterocycles. The summed E-state index contributed by atoms with van der Waals surface area (Å²) in [5.74, 6) is 0.796. The average molecular weight is 170 g/mol. The highest BCUT2D eigenvalue weighted by Gasteiger charge is 2.07. The Morgan fingerprint density at radius 3 is 3.08 bits per heavy atom. The minimum atomic E-state index is 0.177. The number of carbonyl (C=O) groups is 1. The standard InChI is InChI=1S/C9H18N2O/c1-8-3-2-5-10-6-4-9(12)11-7-8/h8,10H,2-7H2,1H3,(H,11,12)/t8-/m0/s1. The van der Waals surface area contributed by atoms with E-state index in [2.05, 4.69) is 17.6 Å². The van der Waals surface area contributed by atoms with E-state index in [9.17, 15) is 4.79 Å². The zero-order chi connectivity index (χ0) is 8.81. The van der Waals surface area contributed by atoms with Crippen LogP contribution in [0.5, 0.6) is 0 Å². The molecule has 0 aromatic heterocycles. The molecule has 0 saturated carbocycles. The number of carbonyl (C=O) groups excluding carboxylic acids is 1. The summed E-state index contributed by atoms with van der Waals surface area (Å²) in [6, 6.07) is 0. The van der Waals surface area contributed by atoms with E-state index in [1.54, 1.807) is 0 Å². The molecule has 0 unspecified atom stereocenters. The summed E-state index contributed by atoms with van der Waals surface area (Å²) in [5.41, 5.74) is 0. The fourth-order valence-electron chi connectivity index (χ4n) is 1.38. The highest BCUT2D eigenvalue weighted by molar-refractivity contribution is 5.76. The molecule has 70 valence electrons. The summed E-state index contributed by atoms with van der Waals surface area (Å²) < 4.78 is 0. The highest BCUT2D eigenvalue weighted by atomic mass is 16.1. The minimum absolute atomic E-state index is 0.177. The molecular formula is C9H18N2O. The quantitative estimate of drug-likeness (QED) is 0.556. The maximum Gasteiger partial charge on any atom is 0.221 e. The molecule has 0 aromatic rings. The Bertz CT molecular complexity index is 147. The fourth-order valence-corrected chi connectivity index (χ4v) is 1.38. The fraction of sp³-hybridized carbons (Fsp3) is 0.889. The zero-order valence-corrected chi connectivity index (χ0v) is 7.73. The summed E-state index contributed by atoms with van der Waals surface area (Å²) in [4.78, 5) is 11.1. The molecule has 2 N–H and O–H groups in total. The molecule has 12 heavy (non-hydrogen) atoms. The van der Waals surface area contributed by atoms with E-state index in [0.717, 1.165) is 19.6 Å². The van der Waals surface area contributed by atoms with Gasteiger partial charge < -0.3 is 10.6 Å². The molecule has 1 atom stereocenters. The Hall–Kier alpha value is -0.570. The molecule has 1 saturated heterocycles. The number of amides is 1. The van der Waals surface area contributed by atoms with Crippen molar-refractivity contribution < 1.29 is 4.79 Å².